The monoisotopic (exact) mass is 346 g/mol. The van der Waals surface area contributed by atoms with E-state index in [9.17, 15) is 4.79 Å². The molecule has 0 radical (unpaired) electrons. The van der Waals surface area contributed by atoms with E-state index in [1.54, 1.807) is 18.2 Å². The Labute approximate surface area is 136 Å². The number of hydrogen-bond acceptors (Lipinski definition) is 5. The molecule has 112 valence electrons. The zero-order chi connectivity index (χ0) is 15.6. The first kappa shape index (κ1) is 15.9. The predicted molar refractivity (Wildman–Crippen MR) is 83.9 cm³/mol. The van der Waals surface area contributed by atoms with Gasteiger partial charge in [0, 0.05) is 5.56 Å². The van der Waals surface area contributed by atoms with Gasteiger partial charge in [-0.2, -0.15) is 0 Å². The topological polar surface area (TPSA) is 44.8 Å². The highest BCUT2D eigenvalue weighted by atomic mass is 35.5. The van der Waals surface area contributed by atoms with E-state index in [2.05, 4.69) is 0 Å². The predicted octanol–water partition coefficient (Wildman–Crippen LogP) is 4.31. The highest BCUT2D eigenvalue weighted by Gasteiger charge is 2.21. The van der Waals surface area contributed by atoms with Crippen molar-refractivity contribution in [1.29, 1.82) is 0 Å². The lowest BCUT2D eigenvalue weighted by molar-refractivity contribution is 0.103. The fourth-order valence-electron chi connectivity index (χ4n) is 1.86. The number of thiophene rings is 1. The van der Waals surface area contributed by atoms with Crippen LogP contribution in [0, 0.1) is 0 Å². The normalized spacial score (nSPS) is 10.3. The number of ketones is 1. The van der Waals surface area contributed by atoms with Gasteiger partial charge >= 0.3 is 0 Å². The van der Waals surface area contributed by atoms with E-state index in [1.807, 2.05) is 0 Å². The summed E-state index contributed by atoms with van der Waals surface area (Å²) in [7, 11) is 4.47. The first-order chi connectivity index (χ1) is 10.0. The maximum atomic E-state index is 12.5. The lowest BCUT2D eigenvalue weighted by Gasteiger charge is -2.13. The van der Waals surface area contributed by atoms with E-state index >= 15 is 0 Å². The van der Waals surface area contributed by atoms with Crippen molar-refractivity contribution in [2.75, 3.05) is 21.3 Å². The number of benzene rings is 1. The first-order valence-electron chi connectivity index (χ1n) is 5.81. The molecule has 0 saturated carbocycles. The largest absolute Gasteiger partial charge is 0.493 e. The molecule has 0 aliphatic rings. The van der Waals surface area contributed by atoms with E-state index < -0.39 is 0 Å². The van der Waals surface area contributed by atoms with E-state index in [4.69, 9.17) is 37.4 Å². The van der Waals surface area contributed by atoms with Crippen molar-refractivity contribution in [3.8, 4) is 17.2 Å². The van der Waals surface area contributed by atoms with Gasteiger partial charge in [-0.3, -0.25) is 4.79 Å². The van der Waals surface area contributed by atoms with Crippen molar-refractivity contribution < 1.29 is 19.0 Å². The molecule has 4 nitrogen and oxygen atoms in total. The third kappa shape index (κ3) is 3.10. The van der Waals surface area contributed by atoms with Gasteiger partial charge in [0.2, 0.25) is 5.75 Å². The van der Waals surface area contributed by atoms with E-state index in [1.165, 1.54) is 21.3 Å². The summed E-state index contributed by atoms with van der Waals surface area (Å²) in [4.78, 5) is 12.5. The van der Waals surface area contributed by atoms with Crippen LogP contribution >= 0.6 is 34.5 Å². The SMILES string of the molecule is COc1cc(C(=O)c2cc(Cl)sc2Cl)cc(OC)c1OC. The van der Waals surface area contributed by atoms with E-state index in [0.29, 0.717) is 37.0 Å². The van der Waals surface area contributed by atoms with Crippen LogP contribution in [0.4, 0.5) is 0 Å². The maximum Gasteiger partial charge on any atom is 0.203 e. The molecule has 0 amide bonds. The molecule has 0 spiro atoms. The van der Waals surface area contributed by atoms with Gasteiger partial charge in [0.25, 0.3) is 0 Å². The minimum Gasteiger partial charge on any atom is -0.493 e. The summed E-state index contributed by atoms with van der Waals surface area (Å²) in [6, 6.07) is 4.69. The summed E-state index contributed by atoms with van der Waals surface area (Å²) in [5, 5.41) is 0. The van der Waals surface area contributed by atoms with Crippen molar-refractivity contribution in [2.24, 2.45) is 0 Å². The second-order valence-corrected chi connectivity index (χ2v) is 6.27. The third-order valence-corrected chi connectivity index (χ3v) is 4.32. The molecule has 0 saturated heterocycles. The van der Waals surface area contributed by atoms with Crippen LogP contribution in [-0.2, 0) is 0 Å². The van der Waals surface area contributed by atoms with E-state index in [-0.39, 0.29) is 5.78 Å². The Morgan fingerprint density at radius 3 is 1.95 bits per heavy atom. The first-order valence-corrected chi connectivity index (χ1v) is 7.38. The minimum absolute atomic E-state index is 0.262. The van der Waals surface area contributed by atoms with Gasteiger partial charge in [0.1, 0.15) is 4.34 Å². The number of ether oxygens (including phenoxy) is 3. The molecular formula is C14H12Cl2O4S. The zero-order valence-electron chi connectivity index (χ0n) is 11.5. The summed E-state index contributed by atoms with van der Waals surface area (Å²) in [5.74, 6) is 0.962. The van der Waals surface area contributed by atoms with Gasteiger partial charge in [0.15, 0.2) is 17.3 Å². The zero-order valence-corrected chi connectivity index (χ0v) is 13.9. The Bertz CT molecular complexity index is 657. The van der Waals surface area contributed by atoms with Gasteiger partial charge in [-0.05, 0) is 18.2 Å². The summed E-state index contributed by atoms with van der Waals surface area (Å²) in [6.45, 7) is 0. The van der Waals surface area contributed by atoms with Gasteiger partial charge in [-0.1, -0.05) is 23.2 Å². The molecule has 0 aliphatic heterocycles. The van der Waals surface area contributed by atoms with Crippen LogP contribution in [0.3, 0.4) is 0 Å². The molecule has 0 aliphatic carbocycles. The lowest BCUT2D eigenvalue weighted by atomic mass is 10.0. The van der Waals surface area contributed by atoms with Crippen molar-refractivity contribution >= 4 is 40.3 Å². The number of carbonyl (C=O) groups is 1. The fourth-order valence-corrected chi connectivity index (χ4v) is 3.32. The quantitative estimate of drug-likeness (QED) is 0.756. The second-order valence-electron chi connectivity index (χ2n) is 3.98. The van der Waals surface area contributed by atoms with Crippen LogP contribution < -0.4 is 14.2 Å². The standard InChI is InChI=1S/C14H12Cl2O4S/c1-18-9-4-7(5-10(19-2)13(9)20-3)12(17)8-6-11(15)21-14(8)16/h4-6H,1-3H3. The summed E-state index contributed by atoms with van der Waals surface area (Å²) in [6.07, 6.45) is 0. The number of hydrogen-bond donors (Lipinski definition) is 0. The Kier molecular flexibility index (Phi) is 4.98. The van der Waals surface area contributed by atoms with Crippen LogP contribution in [0.1, 0.15) is 15.9 Å². The lowest BCUT2D eigenvalue weighted by Crippen LogP contribution is -2.03. The van der Waals surface area contributed by atoms with Crippen LogP contribution in [0.2, 0.25) is 8.67 Å². The molecular weight excluding hydrogens is 335 g/mol. The number of carbonyl (C=O) groups excluding carboxylic acids is 1. The van der Waals surface area contributed by atoms with Crippen LogP contribution in [-0.4, -0.2) is 27.1 Å². The molecule has 7 heteroatoms. The molecule has 0 fully saturated rings. The van der Waals surface area contributed by atoms with Crippen LogP contribution in [0.15, 0.2) is 18.2 Å². The summed E-state index contributed by atoms with van der Waals surface area (Å²) in [5.41, 5.74) is 0.724. The molecule has 2 rings (SSSR count). The summed E-state index contributed by atoms with van der Waals surface area (Å²) >= 11 is 13.0. The van der Waals surface area contributed by atoms with Gasteiger partial charge < -0.3 is 14.2 Å². The highest BCUT2D eigenvalue weighted by molar-refractivity contribution is 7.20. The van der Waals surface area contributed by atoms with Gasteiger partial charge in [0.05, 0.1) is 31.2 Å². The van der Waals surface area contributed by atoms with Gasteiger partial charge in [-0.25, -0.2) is 0 Å². The molecule has 1 aromatic heterocycles. The molecule has 0 unspecified atom stereocenters. The average Bonchev–Trinajstić information content (AvgIpc) is 2.83. The molecule has 1 aromatic carbocycles. The third-order valence-electron chi connectivity index (χ3n) is 2.83. The Morgan fingerprint density at radius 2 is 1.57 bits per heavy atom. The number of methoxy groups -OCH3 is 3. The number of rotatable bonds is 5. The minimum atomic E-state index is -0.262. The highest BCUT2D eigenvalue weighted by Crippen LogP contribution is 2.40. The van der Waals surface area contributed by atoms with Crippen molar-refractivity contribution in [3.05, 3.63) is 38.0 Å². The molecule has 0 N–H and O–H groups in total. The average molecular weight is 347 g/mol. The van der Waals surface area contributed by atoms with Crippen LogP contribution in [0.25, 0.3) is 0 Å². The molecule has 2 aromatic rings. The number of halogens is 2. The Morgan fingerprint density at radius 1 is 1.00 bits per heavy atom. The summed E-state index contributed by atoms with van der Waals surface area (Å²) < 4.78 is 16.5. The van der Waals surface area contributed by atoms with Gasteiger partial charge in [-0.15, -0.1) is 11.3 Å². The van der Waals surface area contributed by atoms with Crippen molar-refractivity contribution in [2.45, 2.75) is 0 Å². The molecule has 21 heavy (non-hydrogen) atoms. The smallest absolute Gasteiger partial charge is 0.203 e. The fraction of sp³-hybridized carbons (Fsp3) is 0.214. The van der Waals surface area contributed by atoms with Crippen LogP contribution in [0.5, 0.6) is 17.2 Å². The van der Waals surface area contributed by atoms with E-state index in [0.717, 1.165) is 11.3 Å². The molecule has 0 bridgehead atoms. The van der Waals surface area contributed by atoms with Crippen molar-refractivity contribution in [1.82, 2.24) is 0 Å². The maximum absolute atomic E-state index is 12.5. The second kappa shape index (κ2) is 6.56. The van der Waals surface area contributed by atoms with Crippen molar-refractivity contribution in [3.63, 3.8) is 0 Å². The Hall–Kier alpha value is -1.43. The molecule has 0 atom stereocenters. The molecule has 1 heterocycles. The Balaban J connectivity index is 2.53.